The van der Waals surface area contributed by atoms with Gasteiger partial charge in [-0.15, -0.1) is 0 Å². The summed E-state index contributed by atoms with van der Waals surface area (Å²) in [5, 5.41) is 2.76. The fourth-order valence-corrected chi connectivity index (χ4v) is 2.19. The van der Waals surface area contributed by atoms with Crippen LogP contribution in [0, 0.1) is 16.3 Å². The molecule has 2 rings (SSSR count). The first-order chi connectivity index (χ1) is 8.99. The highest BCUT2D eigenvalue weighted by molar-refractivity contribution is 14.1. The van der Waals surface area contributed by atoms with E-state index in [4.69, 9.17) is 11.6 Å². The molecule has 0 saturated heterocycles. The Balaban J connectivity index is 2.26. The Morgan fingerprint density at radius 2 is 2.05 bits per heavy atom. The van der Waals surface area contributed by atoms with Crippen molar-refractivity contribution in [3.8, 4) is 0 Å². The summed E-state index contributed by atoms with van der Waals surface area (Å²) in [5.74, 6) is -0.964. The maximum Gasteiger partial charge on any atom is 0.255 e. The average Bonchev–Trinajstić information content (AvgIpc) is 2.38. The Morgan fingerprint density at radius 3 is 2.74 bits per heavy atom. The van der Waals surface area contributed by atoms with Crippen LogP contribution in [0.4, 0.5) is 10.1 Å². The minimum Gasteiger partial charge on any atom is -0.322 e. The number of halogens is 3. The van der Waals surface area contributed by atoms with Crippen molar-refractivity contribution in [3.63, 3.8) is 0 Å². The normalized spacial score (nSPS) is 10.3. The third kappa shape index (κ3) is 3.25. The Morgan fingerprint density at radius 1 is 1.32 bits per heavy atom. The summed E-state index contributed by atoms with van der Waals surface area (Å²) in [6.07, 6.45) is 0. The fourth-order valence-electron chi connectivity index (χ4n) is 1.57. The molecular weight excluding hydrogens is 380 g/mol. The average molecular weight is 390 g/mol. The van der Waals surface area contributed by atoms with E-state index in [-0.39, 0.29) is 16.5 Å². The zero-order valence-corrected chi connectivity index (χ0v) is 12.9. The van der Waals surface area contributed by atoms with Gasteiger partial charge in [-0.1, -0.05) is 17.7 Å². The van der Waals surface area contributed by atoms with Gasteiger partial charge in [-0.2, -0.15) is 0 Å². The summed E-state index contributed by atoms with van der Waals surface area (Å²) >= 11 is 7.78. The van der Waals surface area contributed by atoms with Crippen LogP contribution in [0.3, 0.4) is 0 Å². The lowest BCUT2D eigenvalue weighted by atomic mass is 10.1. The molecule has 0 aliphatic heterocycles. The number of carbonyl (C=O) groups excluding carboxylic acids is 1. The topological polar surface area (TPSA) is 29.1 Å². The van der Waals surface area contributed by atoms with Crippen LogP contribution >= 0.6 is 34.2 Å². The van der Waals surface area contributed by atoms with Crippen LogP contribution in [0.2, 0.25) is 5.02 Å². The number of anilines is 1. The third-order valence-electron chi connectivity index (χ3n) is 2.70. The molecular formula is C14H10ClFINO. The lowest BCUT2D eigenvalue weighted by Crippen LogP contribution is -2.13. The molecule has 19 heavy (non-hydrogen) atoms. The van der Waals surface area contributed by atoms with Crippen molar-refractivity contribution in [2.45, 2.75) is 6.92 Å². The summed E-state index contributed by atoms with van der Waals surface area (Å²) in [6, 6.07) is 9.60. The van der Waals surface area contributed by atoms with Crippen molar-refractivity contribution in [2.24, 2.45) is 0 Å². The molecule has 2 nitrogen and oxygen atoms in total. The smallest absolute Gasteiger partial charge is 0.255 e. The molecule has 1 amide bonds. The van der Waals surface area contributed by atoms with Gasteiger partial charge in [0, 0.05) is 14.8 Å². The van der Waals surface area contributed by atoms with E-state index in [0.717, 1.165) is 15.2 Å². The van der Waals surface area contributed by atoms with Crippen LogP contribution in [0.15, 0.2) is 36.4 Å². The van der Waals surface area contributed by atoms with Gasteiger partial charge in [0.1, 0.15) is 5.82 Å². The van der Waals surface area contributed by atoms with Gasteiger partial charge in [-0.25, -0.2) is 4.39 Å². The van der Waals surface area contributed by atoms with Gasteiger partial charge >= 0.3 is 0 Å². The number of hydrogen-bond donors (Lipinski definition) is 1. The first-order valence-electron chi connectivity index (χ1n) is 5.50. The van der Waals surface area contributed by atoms with Crippen molar-refractivity contribution in [1.82, 2.24) is 0 Å². The zero-order valence-electron chi connectivity index (χ0n) is 10.0. The second-order valence-corrected chi connectivity index (χ2v) is 5.56. The summed E-state index contributed by atoms with van der Waals surface area (Å²) < 4.78 is 14.4. The summed E-state index contributed by atoms with van der Waals surface area (Å²) in [6.45, 7) is 1.92. The zero-order chi connectivity index (χ0) is 14.0. The first kappa shape index (κ1) is 14.3. The van der Waals surface area contributed by atoms with Crippen molar-refractivity contribution in [2.75, 3.05) is 5.32 Å². The molecule has 0 bridgehead atoms. The van der Waals surface area contributed by atoms with Crippen molar-refractivity contribution >= 4 is 45.8 Å². The van der Waals surface area contributed by atoms with E-state index in [1.807, 2.05) is 25.1 Å². The van der Waals surface area contributed by atoms with Gasteiger partial charge < -0.3 is 5.32 Å². The van der Waals surface area contributed by atoms with Gasteiger partial charge in [0.15, 0.2) is 0 Å². The second kappa shape index (κ2) is 5.88. The summed E-state index contributed by atoms with van der Waals surface area (Å²) in [4.78, 5) is 12.0. The van der Waals surface area contributed by atoms with E-state index >= 15 is 0 Å². The predicted molar refractivity (Wildman–Crippen MR) is 83.3 cm³/mol. The number of benzene rings is 2. The van der Waals surface area contributed by atoms with E-state index in [1.54, 1.807) is 0 Å². The van der Waals surface area contributed by atoms with Crippen LogP contribution in [0.1, 0.15) is 15.9 Å². The minimum atomic E-state index is -0.603. The van der Waals surface area contributed by atoms with Gasteiger partial charge in [0.2, 0.25) is 0 Å². The lowest BCUT2D eigenvalue weighted by molar-refractivity contribution is 0.102. The summed E-state index contributed by atoms with van der Waals surface area (Å²) in [7, 11) is 0. The molecule has 0 fully saturated rings. The Hall–Kier alpha value is -1.14. The quantitative estimate of drug-likeness (QED) is 0.745. The summed E-state index contributed by atoms with van der Waals surface area (Å²) in [5.41, 5.74) is 1.93. The van der Waals surface area contributed by atoms with Gasteiger partial charge in [0.05, 0.1) is 5.02 Å². The number of hydrogen-bond acceptors (Lipinski definition) is 1. The predicted octanol–water partition coefficient (Wildman–Crippen LogP) is 4.64. The molecule has 98 valence electrons. The number of nitrogens with one attached hydrogen (secondary N) is 1. The second-order valence-electron chi connectivity index (χ2n) is 4.00. The highest BCUT2D eigenvalue weighted by Gasteiger charge is 2.11. The van der Waals surface area contributed by atoms with Crippen molar-refractivity contribution in [3.05, 3.63) is 61.9 Å². The molecule has 0 heterocycles. The lowest BCUT2D eigenvalue weighted by Gasteiger charge is -2.09. The van der Waals surface area contributed by atoms with E-state index in [9.17, 15) is 9.18 Å². The van der Waals surface area contributed by atoms with Crippen molar-refractivity contribution in [1.29, 1.82) is 0 Å². The Bertz CT molecular complexity index is 645. The molecule has 5 heteroatoms. The maximum atomic E-state index is 13.3. The number of amides is 1. The SMILES string of the molecule is Cc1c(I)cccc1NC(=O)c1ccc(Cl)c(F)c1. The molecule has 0 aliphatic carbocycles. The number of rotatable bonds is 2. The molecule has 2 aromatic carbocycles. The highest BCUT2D eigenvalue weighted by Crippen LogP contribution is 2.22. The van der Waals surface area contributed by atoms with E-state index < -0.39 is 5.82 Å². The van der Waals surface area contributed by atoms with Crippen LogP contribution in [-0.2, 0) is 0 Å². The highest BCUT2D eigenvalue weighted by atomic mass is 127. The van der Waals surface area contributed by atoms with E-state index in [0.29, 0.717) is 5.69 Å². The molecule has 0 aromatic heterocycles. The largest absolute Gasteiger partial charge is 0.322 e. The van der Waals surface area contributed by atoms with E-state index in [2.05, 4.69) is 27.9 Å². The Labute approximate surface area is 129 Å². The molecule has 0 aliphatic rings. The first-order valence-corrected chi connectivity index (χ1v) is 6.96. The molecule has 0 spiro atoms. The van der Waals surface area contributed by atoms with Crippen LogP contribution in [0.5, 0.6) is 0 Å². The van der Waals surface area contributed by atoms with Crippen LogP contribution in [-0.4, -0.2) is 5.91 Å². The third-order valence-corrected chi connectivity index (χ3v) is 4.17. The molecule has 1 N–H and O–H groups in total. The molecule has 0 unspecified atom stereocenters. The standard InChI is InChI=1S/C14H10ClFINO/c1-8-12(17)3-2-4-13(8)18-14(19)9-5-6-10(15)11(16)7-9/h2-7H,1H3,(H,18,19). The molecule has 0 saturated carbocycles. The van der Waals surface area contributed by atoms with Crippen LogP contribution in [0.25, 0.3) is 0 Å². The molecule has 0 radical (unpaired) electrons. The molecule has 0 atom stereocenters. The van der Waals surface area contributed by atoms with Gasteiger partial charge in [-0.3, -0.25) is 4.79 Å². The number of carbonyl (C=O) groups is 1. The van der Waals surface area contributed by atoms with Gasteiger partial charge in [0.25, 0.3) is 5.91 Å². The monoisotopic (exact) mass is 389 g/mol. The minimum absolute atomic E-state index is 0.00184. The van der Waals surface area contributed by atoms with Crippen molar-refractivity contribution < 1.29 is 9.18 Å². The van der Waals surface area contributed by atoms with E-state index in [1.165, 1.54) is 12.1 Å². The van der Waals surface area contributed by atoms with Gasteiger partial charge in [-0.05, 0) is 65.4 Å². The van der Waals surface area contributed by atoms with Crippen LogP contribution < -0.4 is 5.32 Å². The Kier molecular flexibility index (Phi) is 4.42. The maximum absolute atomic E-state index is 13.3. The fraction of sp³-hybridized carbons (Fsp3) is 0.0714. The molecule has 2 aromatic rings.